The molecule has 4 nitrogen and oxygen atoms in total. The van der Waals surface area contributed by atoms with Gasteiger partial charge in [0.05, 0.1) is 19.5 Å². The second-order valence-corrected chi connectivity index (χ2v) is 6.57. The van der Waals surface area contributed by atoms with Crippen molar-refractivity contribution >= 4 is 0 Å². The molecular weight excluding hydrogens is 288 g/mol. The Morgan fingerprint density at radius 1 is 1.09 bits per heavy atom. The molecule has 1 saturated heterocycles. The van der Waals surface area contributed by atoms with E-state index in [1.807, 2.05) is 12.5 Å². The first-order valence-electron chi connectivity index (χ1n) is 8.31. The highest BCUT2D eigenvalue weighted by Crippen LogP contribution is 2.33. The molecule has 1 aromatic carbocycles. The Bertz CT molecular complexity index is 645. The minimum absolute atomic E-state index is 0.514. The number of imidazole rings is 1. The van der Waals surface area contributed by atoms with Crippen LogP contribution in [0, 0.1) is 27.7 Å². The summed E-state index contributed by atoms with van der Waals surface area (Å²) in [5.74, 6) is -0.514. The molecule has 0 atom stereocenters. The highest BCUT2D eigenvalue weighted by Gasteiger charge is 2.37. The molecule has 0 saturated carbocycles. The van der Waals surface area contributed by atoms with E-state index in [4.69, 9.17) is 9.47 Å². The molecule has 1 aliphatic heterocycles. The van der Waals surface area contributed by atoms with Gasteiger partial charge in [0.1, 0.15) is 0 Å². The fourth-order valence-corrected chi connectivity index (χ4v) is 3.38. The first-order valence-corrected chi connectivity index (χ1v) is 8.31. The van der Waals surface area contributed by atoms with Gasteiger partial charge in [-0.2, -0.15) is 0 Å². The molecule has 23 heavy (non-hydrogen) atoms. The van der Waals surface area contributed by atoms with Crippen LogP contribution in [0.15, 0.2) is 24.8 Å². The molecule has 2 aromatic rings. The highest BCUT2D eigenvalue weighted by atomic mass is 16.7. The largest absolute Gasteiger partial charge is 0.347 e. The number of ether oxygens (including phenoxy) is 2. The van der Waals surface area contributed by atoms with Crippen LogP contribution in [0.3, 0.4) is 0 Å². The van der Waals surface area contributed by atoms with Gasteiger partial charge in [0.2, 0.25) is 0 Å². The molecule has 0 bridgehead atoms. The van der Waals surface area contributed by atoms with Gasteiger partial charge < -0.3 is 14.0 Å². The Hall–Kier alpha value is -1.65. The topological polar surface area (TPSA) is 36.3 Å². The summed E-state index contributed by atoms with van der Waals surface area (Å²) < 4.78 is 14.2. The number of nitrogens with zero attached hydrogens (tertiary/aromatic N) is 2. The van der Waals surface area contributed by atoms with Gasteiger partial charge in [-0.05, 0) is 55.5 Å². The first-order chi connectivity index (χ1) is 11.0. The Balaban J connectivity index is 1.85. The molecule has 0 radical (unpaired) electrons. The van der Waals surface area contributed by atoms with E-state index in [1.165, 1.54) is 27.8 Å². The molecule has 0 aliphatic carbocycles. The lowest BCUT2D eigenvalue weighted by Gasteiger charge is -2.30. The predicted octanol–water partition coefficient (Wildman–Crippen LogP) is 3.49. The monoisotopic (exact) mass is 314 g/mol. The number of benzene rings is 1. The Labute approximate surface area is 138 Å². The summed E-state index contributed by atoms with van der Waals surface area (Å²) in [6, 6.07) is 2.27. The number of rotatable bonds is 5. The van der Waals surface area contributed by atoms with Crippen LogP contribution in [0.4, 0.5) is 0 Å². The van der Waals surface area contributed by atoms with E-state index >= 15 is 0 Å². The zero-order valence-electron chi connectivity index (χ0n) is 14.6. The van der Waals surface area contributed by atoms with E-state index in [2.05, 4.69) is 43.3 Å². The maximum Gasteiger partial charge on any atom is 0.174 e. The van der Waals surface area contributed by atoms with Crippen LogP contribution in [0.1, 0.15) is 34.2 Å². The van der Waals surface area contributed by atoms with E-state index in [1.54, 1.807) is 6.20 Å². The van der Waals surface area contributed by atoms with E-state index in [0.717, 1.165) is 19.4 Å². The summed E-state index contributed by atoms with van der Waals surface area (Å²) in [7, 11) is 0. The summed E-state index contributed by atoms with van der Waals surface area (Å²) in [5, 5.41) is 0. The normalized spacial score (nSPS) is 16.9. The van der Waals surface area contributed by atoms with Gasteiger partial charge in [0.15, 0.2) is 5.79 Å². The fraction of sp³-hybridized carbons (Fsp3) is 0.526. The predicted molar refractivity (Wildman–Crippen MR) is 90.6 cm³/mol. The average molecular weight is 314 g/mol. The van der Waals surface area contributed by atoms with Gasteiger partial charge in [-0.1, -0.05) is 6.07 Å². The van der Waals surface area contributed by atoms with Crippen molar-refractivity contribution in [3.8, 4) is 0 Å². The van der Waals surface area contributed by atoms with Gasteiger partial charge in [-0.15, -0.1) is 0 Å². The Kier molecular flexibility index (Phi) is 4.55. The minimum Gasteiger partial charge on any atom is -0.347 e. The zero-order chi connectivity index (χ0) is 16.4. The molecule has 0 spiro atoms. The molecule has 1 fully saturated rings. The van der Waals surface area contributed by atoms with Crippen LogP contribution in [0.25, 0.3) is 0 Å². The molecule has 0 N–H and O–H groups in total. The molecule has 1 aliphatic rings. The van der Waals surface area contributed by atoms with Crippen molar-refractivity contribution in [3.05, 3.63) is 52.6 Å². The minimum atomic E-state index is -0.514. The third kappa shape index (κ3) is 3.33. The lowest BCUT2D eigenvalue weighted by molar-refractivity contribution is -0.162. The molecule has 0 unspecified atom stereocenters. The van der Waals surface area contributed by atoms with Crippen LogP contribution in [0.5, 0.6) is 0 Å². The second kappa shape index (κ2) is 6.46. The van der Waals surface area contributed by atoms with Crippen molar-refractivity contribution in [2.45, 2.75) is 52.9 Å². The number of hydrogen-bond acceptors (Lipinski definition) is 3. The quantitative estimate of drug-likeness (QED) is 0.847. The van der Waals surface area contributed by atoms with E-state index in [9.17, 15) is 0 Å². The summed E-state index contributed by atoms with van der Waals surface area (Å²) in [4.78, 5) is 4.11. The fourth-order valence-electron chi connectivity index (χ4n) is 3.38. The maximum atomic E-state index is 6.08. The van der Waals surface area contributed by atoms with Gasteiger partial charge >= 0.3 is 0 Å². The van der Waals surface area contributed by atoms with Crippen LogP contribution in [-0.2, 0) is 22.4 Å². The van der Waals surface area contributed by atoms with Crippen molar-refractivity contribution in [2.24, 2.45) is 0 Å². The molecular formula is C19H26N2O2. The molecule has 3 rings (SSSR count). The van der Waals surface area contributed by atoms with E-state index in [-0.39, 0.29) is 0 Å². The number of aromatic nitrogens is 2. The third-order valence-corrected chi connectivity index (χ3v) is 5.09. The van der Waals surface area contributed by atoms with Gasteiger partial charge in [-0.25, -0.2) is 4.98 Å². The third-order valence-electron chi connectivity index (χ3n) is 5.09. The average Bonchev–Trinajstić information content (AvgIpc) is 3.20. The Morgan fingerprint density at radius 2 is 1.74 bits per heavy atom. The zero-order valence-corrected chi connectivity index (χ0v) is 14.6. The summed E-state index contributed by atoms with van der Waals surface area (Å²) in [6.45, 7) is 11.0. The number of hydrogen-bond donors (Lipinski definition) is 0. The van der Waals surface area contributed by atoms with Crippen molar-refractivity contribution < 1.29 is 9.47 Å². The second-order valence-electron chi connectivity index (χ2n) is 6.57. The molecule has 4 heteroatoms. The van der Waals surface area contributed by atoms with Crippen LogP contribution in [-0.4, -0.2) is 28.6 Å². The van der Waals surface area contributed by atoms with Crippen molar-refractivity contribution in [2.75, 3.05) is 13.2 Å². The smallest absolute Gasteiger partial charge is 0.174 e. The molecule has 1 aromatic heterocycles. The summed E-state index contributed by atoms with van der Waals surface area (Å²) in [5.41, 5.74) is 6.76. The standard InChI is InChI=1S/C19H26N2O2/c1-14-11-15(2)17(4)18(16(14)3)12-19(22-9-10-23-19)5-7-21-8-6-20-13-21/h6,8,11,13H,5,7,9-10,12H2,1-4H3. The maximum absolute atomic E-state index is 6.08. The molecule has 2 heterocycles. The van der Waals surface area contributed by atoms with Crippen LogP contribution in [0.2, 0.25) is 0 Å². The van der Waals surface area contributed by atoms with Crippen molar-refractivity contribution in [1.29, 1.82) is 0 Å². The van der Waals surface area contributed by atoms with Gasteiger partial charge in [0, 0.05) is 31.8 Å². The summed E-state index contributed by atoms with van der Waals surface area (Å²) >= 11 is 0. The summed E-state index contributed by atoms with van der Waals surface area (Å²) in [6.07, 6.45) is 7.27. The highest BCUT2D eigenvalue weighted by molar-refractivity contribution is 5.44. The van der Waals surface area contributed by atoms with Gasteiger partial charge in [-0.3, -0.25) is 0 Å². The van der Waals surface area contributed by atoms with Crippen molar-refractivity contribution in [3.63, 3.8) is 0 Å². The van der Waals surface area contributed by atoms with Crippen LogP contribution >= 0.6 is 0 Å². The van der Waals surface area contributed by atoms with Crippen molar-refractivity contribution in [1.82, 2.24) is 9.55 Å². The Morgan fingerprint density at radius 3 is 2.30 bits per heavy atom. The molecule has 0 amide bonds. The van der Waals surface area contributed by atoms with Crippen LogP contribution < -0.4 is 0 Å². The molecule has 124 valence electrons. The van der Waals surface area contributed by atoms with Gasteiger partial charge in [0.25, 0.3) is 0 Å². The lowest BCUT2D eigenvalue weighted by Crippen LogP contribution is -2.35. The number of aryl methyl sites for hydroxylation is 3. The van der Waals surface area contributed by atoms with E-state index in [0.29, 0.717) is 13.2 Å². The van der Waals surface area contributed by atoms with E-state index < -0.39 is 5.79 Å². The SMILES string of the molecule is Cc1cc(C)c(C)c(CC2(CCn3ccnc3)OCCO2)c1C. The first kappa shape index (κ1) is 16.2. The lowest BCUT2D eigenvalue weighted by atomic mass is 9.89.